The summed E-state index contributed by atoms with van der Waals surface area (Å²) >= 11 is 0. The summed E-state index contributed by atoms with van der Waals surface area (Å²) in [6.07, 6.45) is 10.7. The first kappa shape index (κ1) is 18.6. The lowest BCUT2D eigenvalue weighted by Gasteiger charge is -2.08. The molecule has 5 nitrogen and oxygen atoms in total. The molecule has 0 saturated heterocycles. The summed E-state index contributed by atoms with van der Waals surface area (Å²) in [5.74, 6) is 0.482. The van der Waals surface area contributed by atoms with Crippen LogP contribution in [0.15, 0.2) is 53.9 Å². The van der Waals surface area contributed by atoms with Crippen molar-refractivity contribution < 1.29 is 9.53 Å². The van der Waals surface area contributed by atoms with Gasteiger partial charge < -0.3 is 4.74 Å². The van der Waals surface area contributed by atoms with Crippen LogP contribution >= 0.6 is 0 Å². The van der Waals surface area contributed by atoms with Gasteiger partial charge in [-0.15, -0.1) is 0 Å². The summed E-state index contributed by atoms with van der Waals surface area (Å²) in [6, 6.07) is 11.1. The highest BCUT2D eigenvalue weighted by atomic mass is 16.5. The largest absolute Gasteiger partial charge is 0.493 e. The predicted octanol–water partition coefficient (Wildman–Crippen LogP) is 4.19. The fourth-order valence-electron chi connectivity index (χ4n) is 2.33. The second-order valence-corrected chi connectivity index (χ2v) is 5.74. The van der Waals surface area contributed by atoms with Crippen molar-refractivity contribution in [1.29, 1.82) is 0 Å². The van der Waals surface area contributed by atoms with Crippen molar-refractivity contribution in [2.75, 3.05) is 6.61 Å². The zero-order valence-electron chi connectivity index (χ0n) is 14.6. The average Bonchev–Trinajstić information content (AvgIpc) is 2.66. The zero-order chi connectivity index (χ0) is 17.7. The molecule has 2 aromatic rings. The monoisotopic (exact) mass is 339 g/mol. The Morgan fingerprint density at radius 3 is 2.80 bits per heavy atom. The van der Waals surface area contributed by atoms with Gasteiger partial charge in [0.2, 0.25) is 0 Å². The van der Waals surface area contributed by atoms with Crippen LogP contribution in [0.5, 0.6) is 5.75 Å². The first-order chi connectivity index (χ1) is 12.3. The maximum Gasteiger partial charge on any atom is 0.272 e. The highest BCUT2D eigenvalue weighted by Gasteiger charge is 2.04. The number of pyridine rings is 1. The molecule has 5 heteroatoms. The standard InChI is InChI=1S/C20H25N3O2/c1-2-3-4-5-8-14-25-19-12-7-6-10-17(19)16-22-23-20(24)18-11-9-13-21-15-18/h6-7,9-13,15-16H,2-5,8,14H2,1H3,(H,23,24)/b22-16-. The topological polar surface area (TPSA) is 63.6 Å². The van der Waals surface area contributed by atoms with Crippen molar-refractivity contribution >= 4 is 12.1 Å². The van der Waals surface area contributed by atoms with Crippen LogP contribution < -0.4 is 10.2 Å². The first-order valence-electron chi connectivity index (χ1n) is 8.76. The van der Waals surface area contributed by atoms with Crippen LogP contribution in [0.3, 0.4) is 0 Å². The van der Waals surface area contributed by atoms with E-state index in [4.69, 9.17) is 4.74 Å². The second kappa shape index (κ2) is 11.0. The number of hydrazone groups is 1. The van der Waals surface area contributed by atoms with E-state index in [2.05, 4.69) is 22.4 Å². The number of nitrogens with zero attached hydrogens (tertiary/aromatic N) is 2. The lowest BCUT2D eigenvalue weighted by atomic mass is 10.2. The number of rotatable bonds is 10. The molecule has 0 saturated carbocycles. The number of aromatic nitrogens is 1. The van der Waals surface area contributed by atoms with Gasteiger partial charge in [-0.2, -0.15) is 5.10 Å². The Morgan fingerprint density at radius 2 is 2.00 bits per heavy atom. The number of nitrogens with one attached hydrogen (secondary N) is 1. The molecule has 0 unspecified atom stereocenters. The molecule has 1 heterocycles. The van der Waals surface area contributed by atoms with E-state index in [-0.39, 0.29) is 5.91 Å². The predicted molar refractivity (Wildman–Crippen MR) is 100.0 cm³/mol. The van der Waals surface area contributed by atoms with Gasteiger partial charge in [-0.25, -0.2) is 5.43 Å². The van der Waals surface area contributed by atoms with Crippen LogP contribution in [-0.2, 0) is 0 Å². The molecule has 0 aliphatic heterocycles. The number of ether oxygens (including phenoxy) is 1. The third-order valence-electron chi connectivity index (χ3n) is 3.72. The number of benzene rings is 1. The Bertz CT molecular complexity index is 672. The molecule has 25 heavy (non-hydrogen) atoms. The third kappa shape index (κ3) is 6.75. The van der Waals surface area contributed by atoms with E-state index in [0.29, 0.717) is 12.2 Å². The molecule has 2 rings (SSSR count). The van der Waals surface area contributed by atoms with Gasteiger partial charge in [0.05, 0.1) is 18.4 Å². The normalized spacial score (nSPS) is 10.8. The van der Waals surface area contributed by atoms with Crippen LogP contribution in [-0.4, -0.2) is 23.7 Å². The molecular formula is C20H25N3O2. The van der Waals surface area contributed by atoms with E-state index < -0.39 is 0 Å². The molecule has 0 aliphatic carbocycles. The van der Waals surface area contributed by atoms with E-state index >= 15 is 0 Å². The summed E-state index contributed by atoms with van der Waals surface area (Å²) < 4.78 is 5.85. The van der Waals surface area contributed by atoms with E-state index in [1.54, 1.807) is 24.5 Å². The van der Waals surface area contributed by atoms with Crippen molar-refractivity contribution in [2.45, 2.75) is 39.0 Å². The van der Waals surface area contributed by atoms with Crippen LogP contribution in [0.1, 0.15) is 54.9 Å². The van der Waals surface area contributed by atoms with Gasteiger partial charge in [-0.1, -0.05) is 44.7 Å². The number of hydrogen-bond acceptors (Lipinski definition) is 4. The van der Waals surface area contributed by atoms with Gasteiger partial charge in [-0.05, 0) is 30.7 Å². The number of para-hydroxylation sites is 1. The second-order valence-electron chi connectivity index (χ2n) is 5.74. The van der Waals surface area contributed by atoms with Gasteiger partial charge in [0.1, 0.15) is 5.75 Å². The maximum atomic E-state index is 11.9. The minimum atomic E-state index is -0.293. The van der Waals surface area contributed by atoms with E-state index in [9.17, 15) is 4.79 Å². The molecular weight excluding hydrogens is 314 g/mol. The Hall–Kier alpha value is -2.69. The SMILES string of the molecule is CCCCCCCOc1ccccc1/C=N\NC(=O)c1cccnc1. The van der Waals surface area contributed by atoms with E-state index in [1.165, 1.54) is 31.9 Å². The molecule has 1 amide bonds. The van der Waals surface area contributed by atoms with Gasteiger partial charge >= 0.3 is 0 Å². The molecule has 0 aliphatic rings. The molecule has 0 spiro atoms. The molecule has 0 atom stereocenters. The quantitative estimate of drug-likeness (QED) is 0.401. The highest BCUT2D eigenvalue weighted by molar-refractivity contribution is 5.94. The Balaban J connectivity index is 1.84. The molecule has 1 N–H and O–H groups in total. The zero-order valence-corrected chi connectivity index (χ0v) is 14.6. The van der Waals surface area contributed by atoms with Crippen LogP contribution in [0.2, 0.25) is 0 Å². The minimum Gasteiger partial charge on any atom is -0.493 e. The van der Waals surface area contributed by atoms with Crippen LogP contribution in [0, 0.1) is 0 Å². The molecule has 1 aromatic heterocycles. The maximum absolute atomic E-state index is 11.9. The number of hydrogen-bond donors (Lipinski definition) is 1. The average molecular weight is 339 g/mol. The summed E-state index contributed by atoms with van der Waals surface area (Å²) in [6.45, 7) is 2.90. The fraction of sp³-hybridized carbons (Fsp3) is 0.350. The Morgan fingerprint density at radius 1 is 1.16 bits per heavy atom. The summed E-state index contributed by atoms with van der Waals surface area (Å²) in [4.78, 5) is 15.8. The molecule has 132 valence electrons. The lowest BCUT2D eigenvalue weighted by molar-refractivity contribution is 0.0954. The van der Waals surface area contributed by atoms with Crippen LogP contribution in [0.4, 0.5) is 0 Å². The Labute approximate surface area is 149 Å². The molecule has 1 aromatic carbocycles. The summed E-state index contributed by atoms with van der Waals surface area (Å²) in [7, 11) is 0. The number of carbonyl (C=O) groups is 1. The van der Waals surface area contributed by atoms with Gasteiger partial charge in [0.25, 0.3) is 5.91 Å². The van der Waals surface area contributed by atoms with Crippen molar-refractivity contribution in [3.63, 3.8) is 0 Å². The van der Waals surface area contributed by atoms with E-state index in [0.717, 1.165) is 17.7 Å². The number of carbonyl (C=O) groups excluding carboxylic acids is 1. The van der Waals surface area contributed by atoms with Crippen molar-refractivity contribution in [3.8, 4) is 5.75 Å². The van der Waals surface area contributed by atoms with Gasteiger partial charge in [-0.3, -0.25) is 9.78 Å². The highest BCUT2D eigenvalue weighted by Crippen LogP contribution is 2.16. The molecule has 0 bridgehead atoms. The van der Waals surface area contributed by atoms with Gasteiger partial charge in [0, 0.05) is 18.0 Å². The van der Waals surface area contributed by atoms with Crippen molar-refractivity contribution in [2.24, 2.45) is 5.10 Å². The third-order valence-corrected chi connectivity index (χ3v) is 3.72. The first-order valence-corrected chi connectivity index (χ1v) is 8.76. The van der Waals surface area contributed by atoms with Crippen molar-refractivity contribution in [1.82, 2.24) is 10.4 Å². The van der Waals surface area contributed by atoms with Crippen molar-refractivity contribution in [3.05, 3.63) is 59.9 Å². The Kier molecular flexibility index (Phi) is 8.18. The minimum absolute atomic E-state index is 0.293. The number of unbranched alkanes of at least 4 members (excludes halogenated alkanes) is 4. The number of amides is 1. The summed E-state index contributed by atoms with van der Waals surface area (Å²) in [5, 5.41) is 4.02. The fourth-order valence-corrected chi connectivity index (χ4v) is 2.33. The van der Waals surface area contributed by atoms with Gasteiger partial charge in [0.15, 0.2) is 0 Å². The summed E-state index contributed by atoms with van der Waals surface area (Å²) in [5.41, 5.74) is 3.80. The van der Waals surface area contributed by atoms with E-state index in [1.807, 2.05) is 24.3 Å². The lowest BCUT2D eigenvalue weighted by Crippen LogP contribution is -2.17. The molecule has 0 radical (unpaired) electrons. The smallest absolute Gasteiger partial charge is 0.272 e. The van der Waals surface area contributed by atoms with Crippen LogP contribution in [0.25, 0.3) is 0 Å². The molecule has 0 fully saturated rings.